The molecule has 9 heteroatoms. The predicted molar refractivity (Wildman–Crippen MR) is 113 cm³/mol. The Morgan fingerprint density at radius 1 is 1.24 bits per heavy atom. The molecule has 0 atom stereocenters. The van der Waals surface area contributed by atoms with Crippen LogP contribution < -0.4 is 5.32 Å². The van der Waals surface area contributed by atoms with Crippen LogP contribution in [0.15, 0.2) is 41.4 Å². The van der Waals surface area contributed by atoms with Crippen LogP contribution in [0.2, 0.25) is 0 Å². The zero-order valence-electron chi connectivity index (χ0n) is 13.3. The van der Waals surface area contributed by atoms with E-state index in [2.05, 4.69) is 32.9 Å². The first-order valence-electron chi connectivity index (χ1n) is 7.38. The molecule has 1 aromatic heterocycles. The standard InChI is InChI=1S/C16H16I2N2O4S/c1-2-24-16(21)11-9-14(18)15(20-10-11)19-7-8-25(22,23)13-5-3-12(17)4-6-13/h3-6,9-10H,2,7-8H2,1H3,(H,19,20). The van der Waals surface area contributed by atoms with Gasteiger partial charge >= 0.3 is 5.97 Å². The van der Waals surface area contributed by atoms with Crippen LogP contribution in [0.1, 0.15) is 17.3 Å². The fourth-order valence-corrected chi connectivity index (χ4v) is 4.14. The SMILES string of the molecule is CCOC(=O)c1cnc(NCCS(=O)(=O)c2ccc(I)cc2)c(I)c1. The van der Waals surface area contributed by atoms with E-state index < -0.39 is 15.8 Å². The summed E-state index contributed by atoms with van der Waals surface area (Å²) in [6.07, 6.45) is 1.41. The predicted octanol–water partition coefficient (Wildman–Crippen LogP) is 3.35. The average molecular weight is 586 g/mol. The van der Waals surface area contributed by atoms with Gasteiger partial charge in [0.2, 0.25) is 0 Å². The van der Waals surface area contributed by atoms with E-state index in [1.807, 2.05) is 22.6 Å². The lowest BCUT2D eigenvalue weighted by Crippen LogP contribution is -2.17. The highest BCUT2D eigenvalue weighted by Crippen LogP contribution is 2.18. The van der Waals surface area contributed by atoms with E-state index in [1.54, 1.807) is 37.3 Å². The Hall–Kier alpha value is -0.950. The summed E-state index contributed by atoms with van der Waals surface area (Å²) in [5.41, 5.74) is 0.364. The van der Waals surface area contributed by atoms with Gasteiger partial charge in [-0.15, -0.1) is 0 Å². The van der Waals surface area contributed by atoms with E-state index in [1.165, 1.54) is 6.20 Å². The number of rotatable bonds is 7. The number of nitrogens with one attached hydrogen (secondary N) is 1. The molecule has 0 fully saturated rings. The molecule has 0 saturated carbocycles. The van der Waals surface area contributed by atoms with E-state index in [0.29, 0.717) is 22.9 Å². The zero-order valence-corrected chi connectivity index (χ0v) is 18.5. The summed E-state index contributed by atoms with van der Waals surface area (Å²) in [4.78, 5) is 16.1. The molecule has 2 aromatic rings. The van der Waals surface area contributed by atoms with Gasteiger partial charge in [0, 0.05) is 16.3 Å². The molecule has 1 N–H and O–H groups in total. The first-order chi connectivity index (χ1) is 11.8. The third-order valence-electron chi connectivity index (χ3n) is 3.19. The second-order valence-corrected chi connectivity index (χ2v) is 9.49. The van der Waals surface area contributed by atoms with Crippen molar-refractivity contribution in [2.45, 2.75) is 11.8 Å². The third-order valence-corrected chi connectivity index (χ3v) is 6.46. The Balaban J connectivity index is 1.99. The van der Waals surface area contributed by atoms with Gasteiger partial charge < -0.3 is 10.1 Å². The second kappa shape index (κ2) is 9.12. The Bertz CT molecular complexity index is 855. The molecule has 0 aliphatic heterocycles. The number of hydrogen-bond donors (Lipinski definition) is 1. The summed E-state index contributed by atoms with van der Waals surface area (Å²) in [5, 5.41) is 3.00. The number of pyridine rings is 1. The number of carbonyl (C=O) groups excluding carboxylic acids is 1. The highest BCUT2D eigenvalue weighted by molar-refractivity contribution is 14.1. The molecule has 25 heavy (non-hydrogen) atoms. The van der Waals surface area contributed by atoms with Gasteiger partial charge in [0.05, 0.1) is 26.4 Å². The maximum Gasteiger partial charge on any atom is 0.339 e. The van der Waals surface area contributed by atoms with Crippen LogP contribution in [0.3, 0.4) is 0 Å². The van der Waals surface area contributed by atoms with E-state index in [4.69, 9.17) is 4.74 Å². The van der Waals surface area contributed by atoms with Gasteiger partial charge in [-0.2, -0.15) is 0 Å². The molecule has 0 aliphatic rings. The third kappa shape index (κ3) is 5.78. The van der Waals surface area contributed by atoms with Crippen molar-refractivity contribution < 1.29 is 17.9 Å². The fraction of sp³-hybridized carbons (Fsp3) is 0.250. The minimum absolute atomic E-state index is 0.0506. The van der Waals surface area contributed by atoms with Gasteiger partial charge in [0.1, 0.15) is 5.82 Å². The van der Waals surface area contributed by atoms with Crippen molar-refractivity contribution in [2.75, 3.05) is 24.2 Å². The van der Waals surface area contributed by atoms with Crippen LogP contribution in [0.4, 0.5) is 5.82 Å². The number of nitrogens with zero attached hydrogens (tertiary/aromatic N) is 1. The van der Waals surface area contributed by atoms with Crippen LogP contribution in [0.25, 0.3) is 0 Å². The number of aromatic nitrogens is 1. The monoisotopic (exact) mass is 586 g/mol. The lowest BCUT2D eigenvalue weighted by atomic mass is 10.3. The minimum atomic E-state index is -3.36. The Morgan fingerprint density at radius 2 is 1.92 bits per heavy atom. The molecule has 0 radical (unpaired) electrons. The molecular weight excluding hydrogens is 570 g/mol. The number of hydrogen-bond acceptors (Lipinski definition) is 6. The lowest BCUT2D eigenvalue weighted by molar-refractivity contribution is 0.0526. The van der Waals surface area contributed by atoms with E-state index in [-0.39, 0.29) is 12.3 Å². The molecule has 1 aromatic carbocycles. The first-order valence-corrected chi connectivity index (χ1v) is 11.2. The first kappa shape index (κ1) is 20.4. The second-order valence-electron chi connectivity index (χ2n) is 4.97. The van der Waals surface area contributed by atoms with Gasteiger partial charge in [-0.3, -0.25) is 0 Å². The maximum absolute atomic E-state index is 12.3. The van der Waals surface area contributed by atoms with E-state index in [0.717, 1.165) is 7.14 Å². The molecule has 0 unspecified atom stereocenters. The summed E-state index contributed by atoms with van der Waals surface area (Å²) in [6, 6.07) is 8.39. The van der Waals surface area contributed by atoms with Crippen molar-refractivity contribution >= 4 is 66.8 Å². The Labute approximate surface area is 174 Å². The molecule has 0 saturated heterocycles. The van der Waals surface area contributed by atoms with E-state index in [9.17, 15) is 13.2 Å². The number of sulfone groups is 1. The molecule has 0 amide bonds. The number of esters is 1. The molecule has 6 nitrogen and oxygen atoms in total. The molecular formula is C16H16I2N2O4S. The van der Waals surface area contributed by atoms with Gasteiger partial charge in [0.25, 0.3) is 0 Å². The number of halogens is 2. The number of benzene rings is 1. The normalized spacial score (nSPS) is 11.2. The fourth-order valence-electron chi connectivity index (χ4n) is 1.96. The van der Waals surface area contributed by atoms with Gasteiger partial charge in [0.15, 0.2) is 9.84 Å². The van der Waals surface area contributed by atoms with Gasteiger partial charge in [-0.1, -0.05) is 0 Å². The van der Waals surface area contributed by atoms with Crippen molar-refractivity contribution in [3.8, 4) is 0 Å². The van der Waals surface area contributed by atoms with Crippen molar-refractivity contribution in [1.82, 2.24) is 4.98 Å². The summed E-state index contributed by atoms with van der Waals surface area (Å²) in [6.45, 7) is 2.25. The van der Waals surface area contributed by atoms with Crippen LogP contribution in [-0.2, 0) is 14.6 Å². The molecule has 0 bridgehead atoms. The van der Waals surface area contributed by atoms with Crippen molar-refractivity contribution in [3.63, 3.8) is 0 Å². The highest BCUT2D eigenvalue weighted by atomic mass is 127. The van der Waals surface area contributed by atoms with Gasteiger partial charge in [-0.05, 0) is 82.4 Å². The number of ether oxygens (including phenoxy) is 1. The van der Waals surface area contributed by atoms with Crippen molar-refractivity contribution in [2.24, 2.45) is 0 Å². The van der Waals surface area contributed by atoms with Gasteiger partial charge in [-0.25, -0.2) is 18.2 Å². The molecule has 134 valence electrons. The van der Waals surface area contributed by atoms with Crippen LogP contribution in [0.5, 0.6) is 0 Å². The molecule has 0 aliphatic carbocycles. The lowest BCUT2D eigenvalue weighted by Gasteiger charge is -2.10. The topological polar surface area (TPSA) is 85.4 Å². The minimum Gasteiger partial charge on any atom is -0.462 e. The van der Waals surface area contributed by atoms with Crippen LogP contribution >= 0.6 is 45.2 Å². The molecule has 0 spiro atoms. The summed E-state index contributed by atoms with van der Waals surface area (Å²) >= 11 is 4.17. The number of anilines is 1. The Morgan fingerprint density at radius 3 is 2.52 bits per heavy atom. The summed E-state index contributed by atoms with van der Waals surface area (Å²) in [5.74, 6) is 0.0533. The number of carbonyl (C=O) groups is 1. The van der Waals surface area contributed by atoms with E-state index >= 15 is 0 Å². The maximum atomic E-state index is 12.3. The van der Waals surface area contributed by atoms with Crippen LogP contribution in [-0.4, -0.2) is 38.3 Å². The van der Waals surface area contributed by atoms with Crippen molar-refractivity contribution in [3.05, 3.63) is 49.2 Å². The quantitative estimate of drug-likeness (QED) is 0.396. The zero-order chi connectivity index (χ0) is 18.4. The smallest absolute Gasteiger partial charge is 0.339 e. The Kier molecular flexibility index (Phi) is 7.43. The highest BCUT2D eigenvalue weighted by Gasteiger charge is 2.15. The summed E-state index contributed by atoms with van der Waals surface area (Å²) < 4.78 is 31.2. The summed E-state index contributed by atoms with van der Waals surface area (Å²) in [7, 11) is -3.36. The van der Waals surface area contributed by atoms with Crippen LogP contribution in [0, 0.1) is 7.14 Å². The largest absolute Gasteiger partial charge is 0.462 e. The molecule has 1 heterocycles. The van der Waals surface area contributed by atoms with Crippen molar-refractivity contribution in [1.29, 1.82) is 0 Å². The molecule has 2 rings (SSSR count). The average Bonchev–Trinajstić information content (AvgIpc) is 2.57.